The fraction of sp³-hybridized carbons (Fsp3) is 0.615. The summed E-state index contributed by atoms with van der Waals surface area (Å²) in [7, 11) is 0. The fourth-order valence-corrected chi connectivity index (χ4v) is 1.71. The number of nitrogens with two attached hydrogens (primary N) is 1. The summed E-state index contributed by atoms with van der Waals surface area (Å²) >= 11 is 0. The van der Waals surface area contributed by atoms with Gasteiger partial charge in [-0.3, -0.25) is 9.59 Å². The Morgan fingerprint density at radius 2 is 2.21 bits per heavy atom. The molecule has 1 aromatic heterocycles. The third-order valence-electron chi connectivity index (χ3n) is 2.75. The van der Waals surface area contributed by atoms with Gasteiger partial charge in [0.15, 0.2) is 0 Å². The van der Waals surface area contributed by atoms with Crippen molar-refractivity contribution in [3.8, 4) is 0 Å². The van der Waals surface area contributed by atoms with Crippen LogP contribution in [-0.4, -0.2) is 29.0 Å². The average Bonchev–Trinajstić information content (AvgIpc) is 2.33. The second-order valence-electron chi connectivity index (χ2n) is 4.88. The molecule has 0 saturated heterocycles. The van der Waals surface area contributed by atoms with Gasteiger partial charge in [0.1, 0.15) is 11.6 Å². The summed E-state index contributed by atoms with van der Waals surface area (Å²) in [4.78, 5) is 31.6. The van der Waals surface area contributed by atoms with Crippen molar-refractivity contribution in [3.05, 3.63) is 22.2 Å². The van der Waals surface area contributed by atoms with Crippen LogP contribution in [0.5, 0.6) is 0 Å². The number of anilines is 1. The van der Waals surface area contributed by atoms with Crippen molar-refractivity contribution >= 4 is 11.7 Å². The first-order valence-corrected chi connectivity index (χ1v) is 6.58. The van der Waals surface area contributed by atoms with Crippen LogP contribution in [0, 0.1) is 0 Å². The number of nitrogens with zero attached hydrogens (tertiary/aromatic N) is 2. The molecule has 0 aromatic carbocycles. The average molecular weight is 266 g/mol. The van der Waals surface area contributed by atoms with Crippen molar-refractivity contribution < 1.29 is 4.79 Å². The molecule has 1 aromatic rings. The van der Waals surface area contributed by atoms with E-state index in [1.807, 2.05) is 13.8 Å². The summed E-state index contributed by atoms with van der Waals surface area (Å²) < 4.78 is 0. The summed E-state index contributed by atoms with van der Waals surface area (Å²) in [5.41, 5.74) is 5.04. The van der Waals surface area contributed by atoms with Gasteiger partial charge >= 0.3 is 0 Å². The van der Waals surface area contributed by atoms with Crippen LogP contribution in [0.4, 0.5) is 5.82 Å². The van der Waals surface area contributed by atoms with E-state index in [1.165, 1.54) is 6.07 Å². The summed E-state index contributed by atoms with van der Waals surface area (Å²) in [5, 5.41) is 0. The third-order valence-corrected chi connectivity index (χ3v) is 2.75. The molecule has 1 rings (SSSR count). The van der Waals surface area contributed by atoms with Crippen molar-refractivity contribution in [1.29, 1.82) is 0 Å². The molecule has 6 heteroatoms. The van der Waals surface area contributed by atoms with Crippen molar-refractivity contribution in [2.45, 2.75) is 39.5 Å². The van der Waals surface area contributed by atoms with Crippen molar-refractivity contribution in [3.63, 3.8) is 0 Å². The highest BCUT2D eigenvalue weighted by Gasteiger charge is 2.13. The molecule has 3 N–H and O–H groups in total. The minimum absolute atomic E-state index is 0.0774. The lowest BCUT2D eigenvalue weighted by Crippen LogP contribution is -2.36. The zero-order chi connectivity index (χ0) is 14.4. The largest absolute Gasteiger partial charge is 0.368 e. The van der Waals surface area contributed by atoms with Crippen LogP contribution in [0.15, 0.2) is 10.9 Å². The number of hydrogen-bond acceptors (Lipinski definition) is 4. The predicted octanol–water partition coefficient (Wildman–Crippen LogP) is 0.985. The number of carbonyl (C=O) groups excluding carboxylic acids is 1. The second kappa shape index (κ2) is 6.92. The predicted molar refractivity (Wildman–Crippen MR) is 75.3 cm³/mol. The molecule has 0 saturated carbocycles. The molecule has 0 unspecified atom stereocenters. The molecule has 1 amide bonds. The lowest BCUT2D eigenvalue weighted by molar-refractivity contribution is -0.116. The molecular formula is C13H22N4O2. The Labute approximate surface area is 113 Å². The van der Waals surface area contributed by atoms with Crippen LogP contribution in [0.25, 0.3) is 0 Å². The van der Waals surface area contributed by atoms with E-state index in [2.05, 4.69) is 16.9 Å². The maximum absolute atomic E-state index is 11.6. The van der Waals surface area contributed by atoms with E-state index in [4.69, 9.17) is 5.73 Å². The van der Waals surface area contributed by atoms with Gasteiger partial charge in [0.05, 0.1) is 6.54 Å². The highest BCUT2D eigenvalue weighted by molar-refractivity contribution is 5.79. The van der Waals surface area contributed by atoms with Crippen molar-refractivity contribution in [2.24, 2.45) is 5.73 Å². The number of rotatable bonds is 7. The highest BCUT2D eigenvalue weighted by Crippen LogP contribution is 2.13. The minimum atomic E-state index is -0.427. The van der Waals surface area contributed by atoms with E-state index in [-0.39, 0.29) is 18.0 Å². The van der Waals surface area contributed by atoms with Gasteiger partial charge in [-0.15, -0.1) is 0 Å². The Morgan fingerprint density at radius 3 is 2.74 bits per heavy atom. The van der Waals surface area contributed by atoms with Gasteiger partial charge in [-0.05, 0) is 6.42 Å². The molecule has 0 atom stereocenters. The van der Waals surface area contributed by atoms with Gasteiger partial charge in [-0.25, -0.2) is 4.98 Å². The van der Waals surface area contributed by atoms with Crippen LogP contribution >= 0.6 is 0 Å². The van der Waals surface area contributed by atoms with Gasteiger partial charge in [-0.1, -0.05) is 27.2 Å². The first-order chi connectivity index (χ1) is 8.93. The first kappa shape index (κ1) is 15.2. The Bertz CT molecular complexity index is 482. The topological polar surface area (TPSA) is 92.1 Å². The maximum Gasteiger partial charge on any atom is 0.252 e. The van der Waals surface area contributed by atoms with Crippen LogP contribution < -0.4 is 16.2 Å². The van der Waals surface area contributed by atoms with Crippen molar-refractivity contribution in [2.75, 3.05) is 18.0 Å². The van der Waals surface area contributed by atoms with E-state index in [0.29, 0.717) is 18.2 Å². The summed E-state index contributed by atoms with van der Waals surface area (Å²) in [5.74, 6) is 0.826. The number of H-pyrrole nitrogens is 1. The number of carbonyl (C=O) groups is 1. The summed E-state index contributed by atoms with van der Waals surface area (Å²) in [6.07, 6.45) is 1.91. The van der Waals surface area contributed by atoms with Gasteiger partial charge in [0.25, 0.3) is 5.56 Å². The fourth-order valence-electron chi connectivity index (χ4n) is 1.71. The van der Waals surface area contributed by atoms with Gasteiger partial charge in [-0.2, -0.15) is 0 Å². The third kappa shape index (κ3) is 4.73. The molecule has 0 bridgehead atoms. The molecule has 0 aliphatic heterocycles. The van der Waals surface area contributed by atoms with Crippen LogP contribution in [0.1, 0.15) is 45.4 Å². The number of aromatic nitrogens is 2. The molecule has 6 nitrogen and oxygen atoms in total. The molecule has 0 aliphatic rings. The van der Waals surface area contributed by atoms with Crippen LogP contribution in [0.3, 0.4) is 0 Å². The van der Waals surface area contributed by atoms with Crippen LogP contribution in [0.2, 0.25) is 0 Å². The number of primary amides is 1. The van der Waals surface area contributed by atoms with E-state index < -0.39 is 5.91 Å². The number of aromatic amines is 1. The minimum Gasteiger partial charge on any atom is -0.368 e. The maximum atomic E-state index is 11.6. The Kier molecular flexibility index (Phi) is 5.54. The number of unbranched alkanes of at least 4 members (excludes halogenated alkanes) is 1. The molecule has 0 fully saturated rings. The van der Waals surface area contributed by atoms with E-state index in [1.54, 1.807) is 4.90 Å². The standard InChI is InChI=1S/C13H22N4O2/c1-4-5-6-17(8-10(14)18)11-7-12(19)16-13(15-11)9(2)3/h7,9H,4-6,8H2,1-3H3,(H2,14,18)(H,15,16,19). The van der Waals surface area contributed by atoms with E-state index in [9.17, 15) is 9.59 Å². The molecular weight excluding hydrogens is 244 g/mol. The Morgan fingerprint density at radius 1 is 1.53 bits per heavy atom. The van der Waals surface area contributed by atoms with Gasteiger partial charge in [0.2, 0.25) is 5.91 Å². The SMILES string of the molecule is CCCCN(CC(N)=O)c1cc(=O)[nH]c(C(C)C)n1. The number of nitrogens with one attached hydrogen (secondary N) is 1. The molecule has 0 aliphatic carbocycles. The monoisotopic (exact) mass is 266 g/mol. The van der Waals surface area contributed by atoms with Crippen molar-refractivity contribution in [1.82, 2.24) is 9.97 Å². The molecule has 0 radical (unpaired) electrons. The molecule has 1 heterocycles. The smallest absolute Gasteiger partial charge is 0.252 e. The van der Waals surface area contributed by atoms with Crippen LogP contribution in [-0.2, 0) is 4.79 Å². The van der Waals surface area contributed by atoms with E-state index >= 15 is 0 Å². The highest BCUT2D eigenvalue weighted by atomic mass is 16.1. The number of hydrogen-bond donors (Lipinski definition) is 2. The zero-order valence-electron chi connectivity index (χ0n) is 11.8. The number of amides is 1. The normalized spacial score (nSPS) is 10.7. The summed E-state index contributed by atoms with van der Waals surface area (Å²) in [6.45, 7) is 6.70. The lowest BCUT2D eigenvalue weighted by atomic mass is 10.2. The first-order valence-electron chi connectivity index (χ1n) is 6.58. The zero-order valence-corrected chi connectivity index (χ0v) is 11.8. The quantitative estimate of drug-likeness (QED) is 0.769. The van der Waals surface area contributed by atoms with Gasteiger partial charge in [0, 0.05) is 18.5 Å². The molecule has 0 spiro atoms. The van der Waals surface area contributed by atoms with Gasteiger partial charge < -0.3 is 15.6 Å². The van der Waals surface area contributed by atoms with E-state index in [0.717, 1.165) is 12.8 Å². The lowest BCUT2D eigenvalue weighted by Gasteiger charge is -2.22. The Balaban J connectivity index is 3.06. The summed E-state index contributed by atoms with van der Waals surface area (Å²) in [6, 6.07) is 1.41. The molecule has 19 heavy (non-hydrogen) atoms. The second-order valence-corrected chi connectivity index (χ2v) is 4.88. The molecule has 106 valence electrons. The Hall–Kier alpha value is -1.85.